The zero-order chi connectivity index (χ0) is 21.6. The Morgan fingerprint density at radius 3 is 2.00 bits per heavy atom. The number of piperidine rings is 1. The van der Waals surface area contributed by atoms with E-state index in [0.717, 1.165) is 17.1 Å². The first-order valence-electron chi connectivity index (χ1n) is 10.4. The van der Waals surface area contributed by atoms with Gasteiger partial charge in [-0.1, -0.05) is 29.8 Å². The molecule has 0 aromatic heterocycles. The van der Waals surface area contributed by atoms with Crippen molar-refractivity contribution in [3.63, 3.8) is 0 Å². The number of carbonyl (C=O) groups excluding carboxylic acids is 2. The molecule has 1 aliphatic heterocycles. The Labute approximate surface area is 187 Å². The molecule has 2 amide bonds. The van der Waals surface area contributed by atoms with Gasteiger partial charge in [0.1, 0.15) is 0 Å². The number of benzene rings is 3. The van der Waals surface area contributed by atoms with Gasteiger partial charge in [0.15, 0.2) is 0 Å². The number of anilines is 3. The summed E-state index contributed by atoms with van der Waals surface area (Å²) >= 11 is 5.89. The molecule has 6 heteroatoms. The second-order valence-electron chi connectivity index (χ2n) is 7.63. The molecule has 1 saturated heterocycles. The normalized spacial score (nSPS) is 14.2. The van der Waals surface area contributed by atoms with Crippen molar-refractivity contribution in [2.75, 3.05) is 23.7 Å². The van der Waals surface area contributed by atoms with Gasteiger partial charge in [-0.2, -0.15) is 0 Å². The Balaban J connectivity index is 1.28. The highest BCUT2D eigenvalue weighted by Gasteiger charge is 2.27. The van der Waals surface area contributed by atoms with Crippen molar-refractivity contribution in [2.24, 2.45) is 5.92 Å². The van der Waals surface area contributed by atoms with Gasteiger partial charge in [0.2, 0.25) is 5.91 Å². The lowest BCUT2D eigenvalue weighted by Gasteiger charge is -2.31. The van der Waals surface area contributed by atoms with E-state index in [-0.39, 0.29) is 17.7 Å². The first-order chi connectivity index (χ1) is 15.1. The number of carbonyl (C=O) groups is 2. The second-order valence-corrected chi connectivity index (χ2v) is 8.07. The van der Waals surface area contributed by atoms with Gasteiger partial charge in [0.25, 0.3) is 5.91 Å². The van der Waals surface area contributed by atoms with Crippen molar-refractivity contribution in [3.05, 3.63) is 89.4 Å². The molecule has 1 fully saturated rings. The molecular formula is C25H24ClN3O2. The lowest BCUT2D eigenvalue weighted by atomic mass is 9.95. The molecule has 4 rings (SSSR count). The van der Waals surface area contributed by atoms with E-state index in [4.69, 9.17) is 11.6 Å². The Bertz CT molecular complexity index is 1030. The minimum Gasteiger partial charge on any atom is -0.356 e. The summed E-state index contributed by atoms with van der Waals surface area (Å²) in [4.78, 5) is 27.1. The van der Waals surface area contributed by atoms with Crippen LogP contribution in [0.1, 0.15) is 23.2 Å². The fourth-order valence-corrected chi connectivity index (χ4v) is 3.82. The highest BCUT2D eigenvalue weighted by molar-refractivity contribution is 6.30. The van der Waals surface area contributed by atoms with Gasteiger partial charge in [-0.15, -0.1) is 0 Å². The van der Waals surface area contributed by atoms with E-state index < -0.39 is 0 Å². The summed E-state index contributed by atoms with van der Waals surface area (Å²) in [5.74, 6) is -0.115. The van der Waals surface area contributed by atoms with Gasteiger partial charge >= 0.3 is 0 Å². The fraction of sp³-hybridized carbons (Fsp3) is 0.200. The molecule has 0 spiro atoms. The van der Waals surface area contributed by atoms with Gasteiger partial charge in [0, 0.05) is 46.7 Å². The van der Waals surface area contributed by atoms with Crippen LogP contribution in [0.4, 0.5) is 17.1 Å². The number of nitrogens with zero attached hydrogens (tertiary/aromatic N) is 1. The molecule has 0 radical (unpaired) electrons. The first-order valence-corrected chi connectivity index (χ1v) is 10.7. The summed E-state index contributed by atoms with van der Waals surface area (Å²) in [5, 5.41) is 6.93. The Morgan fingerprint density at radius 2 is 1.35 bits per heavy atom. The maximum absolute atomic E-state index is 12.7. The van der Waals surface area contributed by atoms with Crippen LogP contribution in [-0.2, 0) is 4.79 Å². The molecule has 5 nitrogen and oxygen atoms in total. The molecule has 0 atom stereocenters. The van der Waals surface area contributed by atoms with Gasteiger partial charge in [0.05, 0.1) is 0 Å². The zero-order valence-corrected chi connectivity index (χ0v) is 17.8. The SMILES string of the molecule is O=C(Nc1ccc(Nc2ccccc2)cc1)C1CCN(C(=O)c2ccc(Cl)cc2)CC1. The number of likely N-dealkylation sites (tertiary alicyclic amines) is 1. The summed E-state index contributed by atoms with van der Waals surface area (Å²) in [7, 11) is 0. The molecule has 3 aromatic rings. The van der Waals surface area contributed by atoms with Crippen molar-refractivity contribution >= 4 is 40.5 Å². The lowest BCUT2D eigenvalue weighted by Crippen LogP contribution is -2.41. The number of hydrogen-bond donors (Lipinski definition) is 2. The molecule has 158 valence electrons. The monoisotopic (exact) mass is 433 g/mol. The van der Waals surface area contributed by atoms with E-state index in [0.29, 0.717) is 36.5 Å². The van der Waals surface area contributed by atoms with E-state index in [1.807, 2.05) is 54.6 Å². The van der Waals surface area contributed by atoms with Gasteiger partial charge in [-0.25, -0.2) is 0 Å². The van der Waals surface area contributed by atoms with Crippen LogP contribution in [0, 0.1) is 5.92 Å². The van der Waals surface area contributed by atoms with E-state index in [9.17, 15) is 9.59 Å². The molecular weight excluding hydrogens is 410 g/mol. The van der Waals surface area contributed by atoms with Crippen molar-refractivity contribution in [1.29, 1.82) is 0 Å². The van der Waals surface area contributed by atoms with Crippen LogP contribution in [0.15, 0.2) is 78.9 Å². The summed E-state index contributed by atoms with van der Waals surface area (Å²) in [6.45, 7) is 1.14. The third-order valence-corrected chi connectivity index (χ3v) is 5.71. The lowest BCUT2D eigenvalue weighted by molar-refractivity contribution is -0.121. The molecule has 1 heterocycles. The Kier molecular flexibility index (Phi) is 6.53. The smallest absolute Gasteiger partial charge is 0.253 e. The molecule has 0 saturated carbocycles. The predicted molar refractivity (Wildman–Crippen MR) is 125 cm³/mol. The molecule has 2 N–H and O–H groups in total. The van der Waals surface area contributed by atoms with Crippen LogP contribution in [-0.4, -0.2) is 29.8 Å². The highest BCUT2D eigenvalue weighted by Crippen LogP contribution is 2.23. The van der Waals surface area contributed by atoms with Crippen molar-refractivity contribution < 1.29 is 9.59 Å². The van der Waals surface area contributed by atoms with Crippen molar-refractivity contribution in [3.8, 4) is 0 Å². The van der Waals surface area contributed by atoms with Crippen LogP contribution in [0.3, 0.4) is 0 Å². The largest absolute Gasteiger partial charge is 0.356 e. The Hall–Kier alpha value is -3.31. The summed E-state index contributed by atoms with van der Waals surface area (Å²) in [5.41, 5.74) is 3.36. The topological polar surface area (TPSA) is 61.4 Å². The Morgan fingerprint density at radius 1 is 0.774 bits per heavy atom. The maximum Gasteiger partial charge on any atom is 0.253 e. The summed E-state index contributed by atoms with van der Waals surface area (Å²) < 4.78 is 0. The first kappa shape index (κ1) is 20.9. The maximum atomic E-state index is 12.7. The fourth-order valence-electron chi connectivity index (χ4n) is 3.69. The van der Waals surface area contributed by atoms with Gasteiger partial charge < -0.3 is 15.5 Å². The second kappa shape index (κ2) is 9.67. The zero-order valence-electron chi connectivity index (χ0n) is 17.1. The van der Waals surface area contributed by atoms with E-state index in [1.54, 1.807) is 29.2 Å². The highest BCUT2D eigenvalue weighted by atomic mass is 35.5. The minimum absolute atomic E-state index is 0.00219. The van der Waals surface area contributed by atoms with Gasteiger partial charge in [-0.3, -0.25) is 9.59 Å². The van der Waals surface area contributed by atoms with E-state index in [1.165, 1.54) is 0 Å². The van der Waals surface area contributed by atoms with Crippen molar-refractivity contribution in [1.82, 2.24) is 4.90 Å². The van der Waals surface area contributed by atoms with E-state index >= 15 is 0 Å². The number of hydrogen-bond acceptors (Lipinski definition) is 3. The average Bonchev–Trinajstić information content (AvgIpc) is 2.81. The number of para-hydroxylation sites is 1. The molecule has 0 aliphatic carbocycles. The minimum atomic E-state index is -0.101. The molecule has 0 bridgehead atoms. The quantitative estimate of drug-likeness (QED) is 0.552. The van der Waals surface area contributed by atoms with E-state index in [2.05, 4.69) is 10.6 Å². The molecule has 3 aromatic carbocycles. The number of rotatable bonds is 5. The van der Waals surface area contributed by atoms with Crippen LogP contribution in [0.25, 0.3) is 0 Å². The van der Waals surface area contributed by atoms with Crippen LogP contribution < -0.4 is 10.6 Å². The average molecular weight is 434 g/mol. The number of nitrogens with one attached hydrogen (secondary N) is 2. The summed E-state index contributed by atoms with van der Waals surface area (Å²) in [6, 6.07) is 24.5. The number of amides is 2. The van der Waals surface area contributed by atoms with Gasteiger partial charge in [-0.05, 0) is 73.5 Å². The predicted octanol–water partition coefficient (Wildman–Crippen LogP) is 5.57. The van der Waals surface area contributed by atoms with Crippen LogP contribution in [0.5, 0.6) is 0 Å². The van der Waals surface area contributed by atoms with Crippen LogP contribution >= 0.6 is 11.6 Å². The third-order valence-electron chi connectivity index (χ3n) is 5.46. The summed E-state index contributed by atoms with van der Waals surface area (Å²) in [6.07, 6.45) is 1.30. The molecule has 31 heavy (non-hydrogen) atoms. The van der Waals surface area contributed by atoms with Crippen LogP contribution in [0.2, 0.25) is 5.02 Å². The molecule has 0 unspecified atom stereocenters. The number of halogens is 1. The standard InChI is InChI=1S/C25H24ClN3O2/c26-20-8-6-19(7-9-20)25(31)29-16-14-18(15-17-29)24(30)28-23-12-10-22(11-13-23)27-21-4-2-1-3-5-21/h1-13,18,27H,14-17H2,(H,28,30). The third kappa shape index (κ3) is 5.44. The van der Waals surface area contributed by atoms with Crippen molar-refractivity contribution in [2.45, 2.75) is 12.8 Å². The molecule has 1 aliphatic rings.